The van der Waals surface area contributed by atoms with E-state index in [0.29, 0.717) is 12.1 Å². The van der Waals surface area contributed by atoms with Gasteiger partial charge in [0.05, 0.1) is 0 Å². The molecule has 2 aliphatic rings. The molecule has 1 saturated heterocycles. The summed E-state index contributed by atoms with van der Waals surface area (Å²) in [5, 5.41) is 11.6. The Kier molecular flexibility index (Phi) is 3.37. The van der Waals surface area contributed by atoms with Gasteiger partial charge in [-0.25, -0.2) is 0 Å². The van der Waals surface area contributed by atoms with E-state index in [2.05, 4.69) is 23.8 Å². The zero-order chi connectivity index (χ0) is 13.6. The van der Waals surface area contributed by atoms with Crippen molar-refractivity contribution in [1.29, 1.82) is 0 Å². The van der Waals surface area contributed by atoms with E-state index in [4.69, 9.17) is 0 Å². The normalized spacial score (nSPS) is 32.4. The van der Waals surface area contributed by atoms with Gasteiger partial charge in [-0.3, -0.25) is 9.69 Å². The molecule has 0 amide bonds. The minimum atomic E-state index is -0.707. The molecule has 0 spiro atoms. The first-order chi connectivity index (χ1) is 9.08. The summed E-state index contributed by atoms with van der Waals surface area (Å²) < 4.78 is 0. The summed E-state index contributed by atoms with van der Waals surface area (Å²) in [6, 6.07) is 2.46. The molecule has 1 aromatic rings. The summed E-state index contributed by atoms with van der Waals surface area (Å²) in [5.41, 5.74) is 1.02. The van der Waals surface area contributed by atoms with Gasteiger partial charge in [0.2, 0.25) is 0 Å². The van der Waals surface area contributed by atoms with Crippen LogP contribution in [0.3, 0.4) is 0 Å². The number of thiophene rings is 1. The maximum Gasteiger partial charge on any atom is 0.325 e. The Morgan fingerprint density at radius 3 is 2.95 bits per heavy atom. The number of likely N-dealkylation sites (tertiary alicyclic amines) is 1. The SMILES string of the molecule is CC1CC(N2CCc3sccc3C2C(=O)O)CN1C. The van der Waals surface area contributed by atoms with Gasteiger partial charge in [-0.05, 0) is 43.8 Å². The van der Waals surface area contributed by atoms with Crippen LogP contribution in [0.4, 0.5) is 0 Å². The smallest absolute Gasteiger partial charge is 0.325 e. The van der Waals surface area contributed by atoms with Crippen LogP contribution in [0.1, 0.15) is 29.8 Å². The third-order valence-corrected chi connectivity index (χ3v) is 5.57. The molecular formula is C14H20N2O2S. The average Bonchev–Trinajstić information content (AvgIpc) is 2.95. The third kappa shape index (κ3) is 2.20. The van der Waals surface area contributed by atoms with Crippen molar-refractivity contribution in [3.63, 3.8) is 0 Å². The molecule has 0 bridgehead atoms. The van der Waals surface area contributed by atoms with Crippen molar-refractivity contribution in [2.24, 2.45) is 0 Å². The molecule has 0 aliphatic carbocycles. The van der Waals surface area contributed by atoms with E-state index in [1.54, 1.807) is 11.3 Å². The van der Waals surface area contributed by atoms with E-state index in [9.17, 15) is 9.90 Å². The molecule has 4 nitrogen and oxygen atoms in total. The molecule has 1 N–H and O–H groups in total. The van der Waals surface area contributed by atoms with Gasteiger partial charge >= 0.3 is 5.97 Å². The number of fused-ring (bicyclic) bond motifs is 1. The lowest BCUT2D eigenvalue weighted by atomic mass is 9.97. The predicted octanol–water partition coefficient (Wildman–Crippen LogP) is 1.82. The van der Waals surface area contributed by atoms with Gasteiger partial charge in [0.1, 0.15) is 6.04 Å². The number of carboxylic acid groups (broad SMARTS) is 1. The summed E-state index contributed by atoms with van der Waals surface area (Å²) in [6.45, 7) is 4.07. The van der Waals surface area contributed by atoms with Crippen LogP contribution in [-0.2, 0) is 11.2 Å². The van der Waals surface area contributed by atoms with Crippen LogP contribution in [0.25, 0.3) is 0 Å². The van der Waals surface area contributed by atoms with Crippen LogP contribution >= 0.6 is 11.3 Å². The first-order valence-corrected chi connectivity index (χ1v) is 7.71. The zero-order valence-corrected chi connectivity index (χ0v) is 12.2. The number of hydrogen-bond donors (Lipinski definition) is 1. The average molecular weight is 280 g/mol. The number of rotatable bonds is 2. The Morgan fingerprint density at radius 2 is 2.32 bits per heavy atom. The van der Waals surface area contributed by atoms with Crippen LogP contribution in [0.15, 0.2) is 11.4 Å². The minimum Gasteiger partial charge on any atom is -0.480 e. The molecule has 1 fully saturated rings. The van der Waals surface area contributed by atoms with E-state index in [0.717, 1.165) is 31.5 Å². The summed E-state index contributed by atoms with van der Waals surface area (Å²) in [7, 11) is 2.13. The second-order valence-corrected chi connectivity index (χ2v) is 6.71. The molecule has 1 aromatic heterocycles. The second-order valence-electron chi connectivity index (χ2n) is 5.71. The summed E-state index contributed by atoms with van der Waals surface area (Å²) in [4.78, 5) is 17.5. The summed E-state index contributed by atoms with van der Waals surface area (Å²) in [6.07, 6.45) is 2.06. The van der Waals surface area contributed by atoms with Crippen LogP contribution in [0.5, 0.6) is 0 Å². The highest BCUT2D eigenvalue weighted by atomic mass is 32.1. The van der Waals surface area contributed by atoms with Crippen molar-refractivity contribution in [2.75, 3.05) is 20.1 Å². The molecule has 0 radical (unpaired) electrons. The van der Waals surface area contributed by atoms with E-state index >= 15 is 0 Å². The number of nitrogens with zero attached hydrogens (tertiary/aromatic N) is 2. The first kappa shape index (κ1) is 13.1. The van der Waals surface area contributed by atoms with Crippen LogP contribution in [0, 0.1) is 0 Å². The van der Waals surface area contributed by atoms with Crippen LogP contribution < -0.4 is 0 Å². The molecule has 3 atom stereocenters. The largest absolute Gasteiger partial charge is 0.480 e. The van der Waals surface area contributed by atoms with Crippen molar-refractivity contribution >= 4 is 17.3 Å². The fraction of sp³-hybridized carbons (Fsp3) is 0.643. The predicted molar refractivity (Wildman–Crippen MR) is 75.6 cm³/mol. The minimum absolute atomic E-state index is 0.370. The second kappa shape index (κ2) is 4.89. The fourth-order valence-corrected chi connectivity index (χ4v) is 4.31. The molecular weight excluding hydrogens is 260 g/mol. The number of hydrogen-bond acceptors (Lipinski definition) is 4. The lowest BCUT2D eigenvalue weighted by Gasteiger charge is -2.37. The fourth-order valence-electron chi connectivity index (χ4n) is 3.40. The van der Waals surface area contributed by atoms with Crippen molar-refractivity contribution in [3.8, 4) is 0 Å². The number of likely N-dealkylation sites (N-methyl/N-ethyl adjacent to an activating group) is 1. The van der Waals surface area contributed by atoms with Gasteiger partial charge in [-0.1, -0.05) is 0 Å². The summed E-state index contributed by atoms with van der Waals surface area (Å²) >= 11 is 1.69. The van der Waals surface area contributed by atoms with Gasteiger partial charge in [0.25, 0.3) is 0 Å². The quantitative estimate of drug-likeness (QED) is 0.897. The van der Waals surface area contributed by atoms with Gasteiger partial charge in [-0.2, -0.15) is 0 Å². The van der Waals surface area contributed by atoms with Crippen molar-refractivity contribution < 1.29 is 9.90 Å². The molecule has 2 aliphatic heterocycles. The highest BCUT2D eigenvalue weighted by Gasteiger charge is 2.40. The molecule has 19 heavy (non-hydrogen) atoms. The van der Waals surface area contributed by atoms with Crippen LogP contribution in [0.2, 0.25) is 0 Å². The van der Waals surface area contributed by atoms with E-state index < -0.39 is 12.0 Å². The highest BCUT2D eigenvalue weighted by Crippen LogP contribution is 2.37. The van der Waals surface area contributed by atoms with Crippen molar-refractivity contribution in [3.05, 3.63) is 21.9 Å². The molecule has 3 heterocycles. The Hall–Kier alpha value is -0.910. The Bertz CT molecular complexity index is 478. The number of carbonyl (C=O) groups is 1. The topological polar surface area (TPSA) is 43.8 Å². The van der Waals surface area contributed by atoms with E-state index in [-0.39, 0.29) is 0 Å². The van der Waals surface area contributed by atoms with Gasteiger partial charge < -0.3 is 10.0 Å². The van der Waals surface area contributed by atoms with Crippen molar-refractivity contribution in [2.45, 2.75) is 37.9 Å². The maximum absolute atomic E-state index is 11.7. The standard InChI is InChI=1S/C14H20N2O2S/c1-9-7-10(8-15(9)2)16-5-3-12-11(4-6-19-12)13(16)14(17)18/h4,6,9-10,13H,3,5,7-8H2,1-2H3,(H,17,18). The third-order valence-electron chi connectivity index (χ3n) is 4.57. The Balaban J connectivity index is 1.88. The maximum atomic E-state index is 11.7. The first-order valence-electron chi connectivity index (χ1n) is 6.83. The van der Waals surface area contributed by atoms with E-state index in [1.807, 2.05) is 11.4 Å². The molecule has 3 rings (SSSR count). The molecule has 0 saturated carbocycles. The lowest BCUT2D eigenvalue weighted by molar-refractivity contribution is -0.145. The van der Waals surface area contributed by atoms with Crippen LogP contribution in [-0.4, -0.2) is 53.1 Å². The highest BCUT2D eigenvalue weighted by molar-refractivity contribution is 7.10. The zero-order valence-electron chi connectivity index (χ0n) is 11.4. The molecule has 3 unspecified atom stereocenters. The Morgan fingerprint density at radius 1 is 1.53 bits per heavy atom. The monoisotopic (exact) mass is 280 g/mol. The van der Waals surface area contributed by atoms with Crippen molar-refractivity contribution in [1.82, 2.24) is 9.80 Å². The molecule has 5 heteroatoms. The number of aliphatic carboxylic acids is 1. The molecule has 104 valence electrons. The van der Waals surface area contributed by atoms with Gasteiger partial charge in [0.15, 0.2) is 0 Å². The van der Waals surface area contributed by atoms with Gasteiger partial charge in [0, 0.05) is 30.1 Å². The molecule has 0 aromatic carbocycles. The number of carboxylic acids is 1. The Labute approximate surface area is 117 Å². The lowest BCUT2D eigenvalue weighted by Crippen LogP contribution is -2.46. The van der Waals surface area contributed by atoms with E-state index in [1.165, 1.54) is 4.88 Å². The summed E-state index contributed by atoms with van der Waals surface area (Å²) in [5.74, 6) is -0.707. The van der Waals surface area contributed by atoms with Gasteiger partial charge in [-0.15, -0.1) is 11.3 Å².